The van der Waals surface area contributed by atoms with Gasteiger partial charge in [-0.05, 0) is 25.5 Å². The molecule has 1 atom stereocenters. The molecule has 22 heavy (non-hydrogen) atoms. The summed E-state index contributed by atoms with van der Waals surface area (Å²) in [5, 5.41) is 2.97. The van der Waals surface area contributed by atoms with Gasteiger partial charge in [0.1, 0.15) is 0 Å². The first-order valence-electron chi connectivity index (χ1n) is 7.94. The number of hydrogen-bond donors (Lipinski definition) is 1. The van der Waals surface area contributed by atoms with Crippen LogP contribution < -0.4 is 5.32 Å². The Bertz CT molecular complexity index is 479. The quantitative estimate of drug-likeness (QED) is 0.861. The fourth-order valence-corrected chi connectivity index (χ4v) is 2.44. The Morgan fingerprint density at radius 2 is 2.05 bits per heavy atom. The predicted octanol–water partition coefficient (Wildman–Crippen LogP) is 1.34. The topological polar surface area (TPSA) is 65.8 Å². The summed E-state index contributed by atoms with van der Waals surface area (Å²) >= 11 is 0. The second-order valence-electron chi connectivity index (χ2n) is 5.74. The van der Waals surface area contributed by atoms with Gasteiger partial charge in [0.05, 0.1) is 6.26 Å². The van der Waals surface area contributed by atoms with Crippen molar-refractivity contribution in [2.45, 2.75) is 32.7 Å². The van der Waals surface area contributed by atoms with Crippen LogP contribution in [0.3, 0.4) is 0 Å². The summed E-state index contributed by atoms with van der Waals surface area (Å²) in [7, 11) is 0. The van der Waals surface area contributed by atoms with Crippen LogP contribution in [-0.2, 0) is 4.79 Å². The van der Waals surface area contributed by atoms with Gasteiger partial charge in [0.2, 0.25) is 5.91 Å². The summed E-state index contributed by atoms with van der Waals surface area (Å²) in [6, 6.07) is 3.64. The van der Waals surface area contributed by atoms with Gasteiger partial charge in [-0.25, -0.2) is 0 Å². The number of rotatable bonds is 6. The van der Waals surface area contributed by atoms with Crippen molar-refractivity contribution < 1.29 is 14.0 Å². The minimum Gasteiger partial charge on any atom is -0.459 e. The highest BCUT2D eigenvalue weighted by Gasteiger charge is 2.23. The number of nitrogens with one attached hydrogen (secondary N) is 1. The standard InChI is InChI=1S/C16H25N3O3/c1-3-13(2)17-15(20)6-7-18-8-10-19(11-9-18)16(21)14-5-4-12-22-14/h4-5,12-13H,3,6-11H2,1-2H3,(H,17,20). The maximum absolute atomic E-state index is 12.1. The summed E-state index contributed by atoms with van der Waals surface area (Å²) in [5.74, 6) is 0.434. The normalized spacial score (nSPS) is 17.3. The molecular weight excluding hydrogens is 282 g/mol. The van der Waals surface area contributed by atoms with Crippen molar-refractivity contribution in [3.05, 3.63) is 24.2 Å². The van der Waals surface area contributed by atoms with Crippen LogP contribution in [0.25, 0.3) is 0 Å². The number of furan rings is 1. The average Bonchev–Trinajstić information content (AvgIpc) is 3.07. The van der Waals surface area contributed by atoms with Gasteiger partial charge in [0.25, 0.3) is 5.91 Å². The van der Waals surface area contributed by atoms with Gasteiger partial charge in [-0.2, -0.15) is 0 Å². The van der Waals surface area contributed by atoms with E-state index in [-0.39, 0.29) is 17.9 Å². The predicted molar refractivity (Wildman–Crippen MR) is 83.6 cm³/mol. The van der Waals surface area contributed by atoms with Crippen molar-refractivity contribution in [2.75, 3.05) is 32.7 Å². The molecule has 1 N–H and O–H groups in total. The molecule has 1 aromatic rings. The number of carbonyl (C=O) groups is 2. The van der Waals surface area contributed by atoms with E-state index in [1.54, 1.807) is 17.0 Å². The monoisotopic (exact) mass is 307 g/mol. The molecule has 6 nitrogen and oxygen atoms in total. The van der Waals surface area contributed by atoms with Gasteiger partial charge in [-0.3, -0.25) is 14.5 Å². The Morgan fingerprint density at radius 1 is 1.32 bits per heavy atom. The molecule has 1 aromatic heterocycles. The largest absolute Gasteiger partial charge is 0.459 e. The third-order valence-electron chi connectivity index (χ3n) is 4.07. The van der Waals surface area contributed by atoms with Crippen molar-refractivity contribution in [2.24, 2.45) is 0 Å². The lowest BCUT2D eigenvalue weighted by Gasteiger charge is -2.34. The van der Waals surface area contributed by atoms with Gasteiger partial charge in [-0.15, -0.1) is 0 Å². The molecule has 0 aromatic carbocycles. The molecule has 0 saturated carbocycles. The van der Waals surface area contributed by atoms with Gasteiger partial charge in [-0.1, -0.05) is 6.92 Å². The van der Waals surface area contributed by atoms with Crippen LogP contribution >= 0.6 is 0 Å². The molecule has 122 valence electrons. The van der Waals surface area contributed by atoms with Gasteiger partial charge >= 0.3 is 0 Å². The van der Waals surface area contributed by atoms with Crippen LogP contribution in [0.1, 0.15) is 37.2 Å². The second kappa shape index (κ2) is 7.98. The Labute approximate surface area is 131 Å². The van der Waals surface area contributed by atoms with Crippen LogP contribution in [-0.4, -0.2) is 60.4 Å². The third-order valence-corrected chi connectivity index (χ3v) is 4.07. The van der Waals surface area contributed by atoms with Gasteiger partial charge in [0, 0.05) is 45.2 Å². The summed E-state index contributed by atoms with van der Waals surface area (Å²) in [6.45, 7) is 7.74. The first-order valence-corrected chi connectivity index (χ1v) is 7.94. The fourth-order valence-electron chi connectivity index (χ4n) is 2.44. The van der Waals surface area contributed by atoms with Crippen molar-refractivity contribution >= 4 is 11.8 Å². The Balaban J connectivity index is 1.69. The molecule has 0 spiro atoms. The number of nitrogens with zero attached hydrogens (tertiary/aromatic N) is 2. The smallest absolute Gasteiger partial charge is 0.289 e. The van der Waals surface area contributed by atoms with E-state index in [1.165, 1.54) is 6.26 Å². The van der Waals surface area contributed by atoms with E-state index in [0.29, 0.717) is 25.3 Å². The first kappa shape index (κ1) is 16.5. The van der Waals surface area contributed by atoms with E-state index < -0.39 is 0 Å². The highest BCUT2D eigenvalue weighted by Crippen LogP contribution is 2.09. The maximum atomic E-state index is 12.1. The molecule has 1 fully saturated rings. The minimum absolute atomic E-state index is 0.0563. The molecule has 2 rings (SSSR count). The number of hydrogen-bond acceptors (Lipinski definition) is 4. The van der Waals surface area contributed by atoms with Crippen LogP contribution in [0, 0.1) is 0 Å². The van der Waals surface area contributed by atoms with E-state index in [4.69, 9.17) is 4.42 Å². The number of amides is 2. The number of piperazine rings is 1. The van der Waals surface area contributed by atoms with Crippen molar-refractivity contribution in [1.82, 2.24) is 15.1 Å². The van der Waals surface area contributed by atoms with Gasteiger partial charge in [0.15, 0.2) is 5.76 Å². The van der Waals surface area contributed by atoms with Crippen LogP contribution in [0.2, 0.25) is 0 Å². The van der Waals surface area contributed by atoms with E-state index >= 15 is 0 Å². The lowest BCUT2D eigenvalue weighted by atomic mass is 10.2. The summed E-state index contributed by atoms with van der Waals surface area (Å²) in [6.07, 6.45) is 2.97. The molecule has 2 amide bonds. The van der Waals surface area contributed by atoms with Crippen molar-refractivity contribution in [3.8, 4) is 0 Å². The molecule has 0 radical (unpaired) electrons. The second-order valence-corrected chi connectivity index (χ2v) is 5.74. The zero-order valence-corrected chi connectivity index (χ0v) is 13.4. The van der Waals surface area contributed by atoms with Crippen molar-refractivity contribution in [3.63, 3.8) is 0 Å². The van der Waals surface area contributed by atoms with E-state index in [1.807, 2.05) is 6.92 Å². The van der Waals surface area contributed by atoms with Crippen molar-refractivity contribution in [1.29, 1.82) is 0 Å². The summed E-state index contributed by atoms with van der Waals surface area (Å²) < 4.78 is 5.14. The fraction of sp³-hybridized carbons (Fsp3) is 0.625. The lowest BCUT2D eigenvalue weighted by Crippen LogP contribution is -2.49. The van der Waals surface area contributed by atoms with Crippen LogP contribution in [0.15, 0.2) is 22.8 Å². The molecule has 1 aliphatic rings. The maximum Gasteiger partial charge on any atom is 0.289 e. The third kappa shape index (κ3) is 4.59. The van der Waals surface area contributed by atoms with Crippen LogP contribution in [0.5, 0.6) is 0 Å². The lowest BCUT2D eigenvalue weighted by molar-refractivity contribution is -0.122. The molecule has 2 heterocycles. The summed E-state index contributed by atoms with van der Waals surface area (Å²) in [4.78, 5) is 27.9. The molecule has 1 unspecified atom stereocenters. The average molecular weight is 307 g/mol. The molecule has 1 saturated heterocycles. The molecular formula is C16H25N3O3. The Morgan fingerprint density at radius 3 is 2.64 bits per heavy atom. The highest BCUT2D eigenvalue weighted by molar-refractivity contribution is 5.91. The SMILES string of the molecule is CCC(C)NC(=O)CCN1CCN(C(=O)c2ccco2)CC1. The summed E-state index contributed by atoms with van der Waals surface area (Å²) in [5.41, 5.74) is 0. The van der Waals surface area contributed by atoms with Gasteiger partial charge < -0.3 is 14.6 Å². The molecule has 1 aliphatic heterocycles. The molecule has 0 aliphatic carbocycles. The minimum atomic E-state index is -0.0563. The van der Waals surface area contributed by atoms with E-state index in [2.05, 4.69) is 17.1 Å². The Hall–Kier alpha value is -1.82. The first-order chi connectivity index (χ1) is 10.6. The molecule has 6 heteroatoms. The van der Waals surface area contributed by atoms with E-state index in [0.717, 1.165) is 26.1 Å². The number of carbonyl (C=O) groups excluding carboxylic acids is 2. The van der Waals surface area contributed by atoms with Crippen LogP contribution in [0.4, 0.5) is 0 Å². The molecule has 0 bridgehead atoms. The Kier molecular flexibility index (Phi) is 6.00. The zero-order valence-electron chi connectivity index (χ0n) is 13.4. The highest BCUT2D eigenvalue weighted by atomic mass is 16.3. The zero-order chi connectivity index (χ0) is 15.9. The van der Waals surface area contributed by atoms with E-state index in [9.17, 15) is 9.59 Å².